The van der Waals surface area contributed by atoms with E-state index in [2.05, 4.69) is 19.2 Å². The first kappa shape index (κ1) is 57.9. The number of aliphatic hydroxyl groups excluding tert-OH is 6. The van der Waals surface area contributed by atoms with Crippen LogP contribution in [0.5, 0.6) is 0 Å². The summed E-state index contributed by atoms with van der Waals surface area (Å²) in [5.41, 5.74) is 0. The van der Waals surface area contributed by atoms with Crippen molar-refractivity contribution in [1.29, 1.82) is 0 Å². The van der Waals surface area contributed by atoms with Crippen molar-refractivity contribution in [2.24, 2.45) is 0 Å². The van der Waals surface area contributed by atoms with Crippen LogP contribution in [0.25, 0.3) is 0 Å². The Bertz CT molecular complexity index is 984. The molecule has 0 saturated carbocycles. The summed E-state index contributed by atoms with van der Waals surface area (Å²) in [6.45, 7) is 3.63. The van der Waals surface area contributed by atoms with Crippen LogP contribution < -0.4 is 5.32 Å². The minimum absolute atomic E-state index is 0.301. The molecule has 1 amide bonds. The average molecular weight is 870 g/mol. The number of amides is 1. The van der Waals surface area contributed by atoms with Crippen molar-refractivity contribution >= 4 is 5.91 Å². The molecule has 1 fully saturated rings. The lowest BCUT2D eigenvalue weighted by Crippen LogP contribution is -2.60. The molecule has 1 rings (SSSR count). The molecule has 10 heteroatoms. The zero-order valence-electron chi connectivity index (χ0n) is 39.6. The fourth-order valence-corrected chi connectivity index (χ4v) is 8.46. The topological polar surface area (TPSA) is 169 Å². The lowest BCUT2D eigenvalue weighted by Gasteiger charge is -2.40. The molecule has 1 heterocycles. The van der Waals surface area contributed by atoms with Gasteiger partial charge in [-0.3, -0.25) is 4.79 Å². The van der Waals surface area contributed by atoms with Gasteiger partial charge in [0, 0.05) is 0 Å². The lowest BCUT2D eigenvalue weighted by atomic mass is 9.99. The van der Waals surface area contributed by atoms with Gasteiger partial charge in [-0.15, -0.1) is 0 Å². The van der Waals surface area contributed by atoms with E-state index in [1.54, 1.807) is 6.08 Å². The van der Waals surface area contributed by atoms with Crippen LogP contribution in [0.1, 0.15) is 245 Å². The molecule has 0 aromatic carbocycles. The lowest BCUT2D eigenvalue weighted by molar-refractivity contribution is -0.302. The highest BCUT2D eigenvalue weighted by molar-refractivity contribution is 5.80. The van der Waals surface area contributed by atoms with E-state index in [-0.39, 0.29) is 6.61 Å². The van der Waals surface area contributed by atoms with Crippen molar-refractivity contribution in [2.75, 3.05) is 13.2 Å². The summed E-state index contributed by atoms with van der Waals surface area (Å²) in [4.78, 5) is 13.1. The molecule has 0 radical (unpaired) electrons. The average Bonchev–Trinajstić information content (AvgIpc) is 3.26. The maximum Gasteiger partial charge on any atom is 0.249 e. The van der Waals surface area contributed by atoms with Gasteiger partial charge in [0.15, 0.2) is 6.29 Å². The highest BCUT2D eigenvalue weighted by atomic mass is 16.7. The van der Waals surface area contributed by atoms with Crippen molar-refractivity contribution in [2.45, 2.75) is 294 Å². The summed E-state index contributed by atoms with van der Waals surface area (Å²) in [5, 5.41) is 64.8. The molecule has 1 aliphatic heterocycles. The molecule has 0 aromatic rings. The second-order valence-electron chi connectivity index (χ2n) is 18.5. The smallest absolute Gasteiger partial charge is 0.249 e. The van der Waals surface area contributed by atoms with Crippen LogP contribution in [0.2, 0.25) is 0 Å². The Hall–Kier alpha value is -1.11. The van der Waals surface area contributed by atoms with E-state index in [0.29, 0.717) is 6.42 Å². The first-order valence-corrected chi connectivity index (χ1v) is 26.0. The fraction of sp³-hybridized carbons (Fsp3) is 0.941. The molecule has 0 aliphatic carbocycles. The Balaban J connectivity index is 2.28. The van der Waals surface area contributed by atoms with Crippen molar-refractivity contribution in [3.05, 3.63) is 12.2 Å². The number of unbranched alkanes of at least 4 members (excludes halogenated alkanes) is 33. The number of carbonyl (C=O) groups excluding carboxylic acids is 1. The standard InChI is InChI=1S/C51H99NO9/c1-3-5-7-9-11-13-15-17-18-19-20-21-22-23-24-25-26-28-30-32-34-36-38-40-45(55)50(59)52-43(42-60-51-49(58)48(57)47(56)46(41-53)61-51)44(54)39-37-35-33-31-29-27-16-14-12-10-8-6-4-2/h37,39,43-49,51,53-58H,3-36,38,40-42H2,1-2H3,(H,52,59)/b39-37+. The molecule has 0 aromatic heterocycles. The van der Waals surface area contributed by atoms with Gasteiger partial charge in [-0.1, -0.05) is 238 Å². The summed E-state index contributed by atoms with van der Waals surface area (Å²) in [7, 11) is 0. The van der Waals surface area contributed by atoms with E-state index in [9.17, 15) is 35.4 Å². The van der Waals surface area contributed by atoms with Crippen LogP contribution in [0, 0.1) is 0 Å². The summed E-state index contributed by atoms with van der Waals surface area (Å²) in [6, 6.07) is -0.975. The second kappa shape index (κ2) is 41.6. The predicted molar refractivity (Wildman–Crippen MR) is 250 cm³/mol. The number of ether oxygens (including phenoxy) is 2. The van der Waals surface area contributed by atoms with Gasteiger partial charge in [0.25, 0.3) is 0 Å². The van der Waals surface area contributed by atoms with E-state index in [4.69, 9.17) is 9.47 Å². The monoisotopic (exact) mass is 870 g/mol. The molecule has 7 N–H and O–H groups in total. The number of aliphatic hydroxyl groups is 6. The quantitative estimate of drug-likeness (QED) is 0.0233. The minimum atomic E-state index is -1.61. The molecular formula is C51H99NO9. The van der Waals surface area contributed by atoms with Gasteiger partial charge in [-0.2, -0.15) is 0 Å². The van der Waals surface area contributed by atoms with Crippen LogP contribution in [0.4, 0.5) is 0 Å². The van der Waals surface area contributed by atoms with Crippen LogP contribution in [-0.4, -0.2) is 98.7 Å². The first-order chi connectivity index (χ1) is 29.8. The zero-order chi connectivity index (χ0) is 44.6. The Morgan fingerprint density at radius 2 is 0.934 bits per heavy atom. The molecule has 8 atom stereocenters. The number of nitrogens with one attached hydrogen (secondary N) is 1. The molecular weight excluding hydrogens is 771 g/mol. The molecule has 61 heavy (non-hydrogen) atoms. The summed E-state index contributed by atoms with van der Waals surface area (Å²) >= 11 is 0. The van der Waals surface area contributed by atoms with Gasteiger partial charge in [-0.05, 0) is 19.3 Å². The third-order valence-corrected chi connectivity index (χ3v) is 12.7. The van der Waals surface area contributed by atoms with Gasteiger partial charge < -0.3 is 45.4 Å². The van der Waals surface area contributed by atoms with Crippen molar-refractivity contribution in [3.8, 4) is 0 Å². The van der Waals surface area contributed by atoms with Gasteiger partial charge in [0.2, 0.25) is 5.91 Å². The third kappa shape index (κ3) is 31.4. The Morgan fingerprint density at radius 1 is 0.557 bits per heavy atom. The van der Waals surface area contributed by atoms with Crippen molar-refractivity contribution in [1.82, 2.24) is 5.32 Å². The molecule has 1 aliphatic rings. The van der Waals surface area contributed by atoms with Gasteiger partial charge in [0.05, 0.1) is 25.4 Å². The van der Waals surface area contributed by atoms with Gasteiger partial charge in [-0.25, -0.2) is 0 Å². The first-order valence-electron chi connectivity index (χ1n) is 26.0. The van der Waals surface area contributed by atoms with Gasteiger partial charge in [0.1, 0.15) is 30.5 Å². The molecule has 1 saturated heterocycles. The normalized spacial score (nSPS) is 21.0. The highest BCUT2D eigenvalue weighted by Crippen LogP contribution is 2.23. The van der Waals surface area contributed by atoms with Crippen LogP contribution in [-0.2, 0) is 14.3 Å². The zero-order valence-corrected chi connectivity index (χ0v) is 39.6. The van der Waals surface area contributed by atoms with Gasteiger partial charge >= 0.3 is 0 Å². The minimum Gasteiger partial charge on any atom is -0.394 e. The Morgan fingerprint density at radius 3 is 1.33 bits per heavy atom. The van der Waals surface area contributed by atoms with E-state index < -0.39 is 61.5 Å². The van der Waals surface area contributed by atoms with Crippen LogP contribution >= 0.6 is 0 Å². The Kier molecular flexibility index (Phi) is 39.5. The summed E-state index contributed by atoms with van der Waals surface area (Å²) < 4.78 is 11.2. The maximum absolute atomic E-state index is 13.1. The number of hydrogen-bond acceptors (Lipinski definition) is 9. The van der Waals surface area contributed by atoms with Crippen molar-refractivity contribution in [3.63, 3.8) is 0 Å². The third-order valence-electron chi connectivity index (χ3n) is 12.7. The predicted octanol–water partition coefficient (Wildman–Crippen LogP) is 10.6. The van der Waals surface area contributed by atoms with Crippen molar-refractivity contribution < 1.29 is 44.9 Å². The molecule has 8 unspecified atom stereocenters. The number of carbonyl (C=O) groups is 1. The molecule has 10 nitrogen and oxygen atoms in total. The number of allylic oxidation sites excluding steroid dienone is 1. The number of hydrogen-bond donors (Lipinski definition) is 7. The van der Waals surface area contributed by atoms with Crippen LogP contribution in [0.3, 0.4) is 0 Å². The van der Waals surface area contributed by atoms with Crippen LogP contribution in [0.15, 0.2) is 12.2 Å². The number of rotatable bonds is 44. The summed E-state index contributed by atoms with van der Waals surface area (Å²) in [5.74, 6) is -0.612. The molecule has 0 bridgehead atoms. The van der Waals surface area contributed by atoms with E-state index in [0.717, 1.165) is 44.9 Å². The second-order valence-corrected chi connectivity index (χ2v) is 18.5. The molecule has 362 valence electrons. The maximum atomic E-state index is 13.1. The van der Waals surface area contributed by atoms with E-state index in [1.807, 2.05) is 6.08 Å². The highest BCUT2D eigenvalue weighted by Gasteiger charge is 2.44. The fourth-order valence-electron chi connectivity index (χ4n) is 8.46. The Labute approximate surface area is 374 Å². The SMILES string of the molecule is CCCCCCCCCCCCC/C=C/C(O)C(COC1OC(CO)C(O)C(O)C1O)NC(=O)C(O)CCCCCCCCCCCCCCCCCCCCCCCCC. The molecule has 0 spiro atoms. The largest absolute Gasteiger partial charge is 0.394 e. The van der Waals surface area contributed by atoms with E-state index in [1.165, 1.54) is 180 Å². The summed E-state index contributed by atoms with van der Waals surface area (Å²) in [6.07, 6.45) is 38.8. The van der Waals surface area contributed by atoms with E-state index >= 15 is 0 Å².